The molecule has 0 aliphatic carbocycles. The first-order valence-electron chi connectivity index (χ1n) is 5.76. The van der Waals surface area contributed by atoms with Crippen LogP contribution in [0.3, 0.4) is 0 Å². The fourth-order valence-corrected chi connectivity index (χ4v) is 3.18. The molecule has 1 aromatic heterocycles. The van der Waals surface area contributed by atoms with Crippen LogP contribution in [-0.4, -0.2) is 13.4 Å². The van der Waals surface area contributed by atoms with Gasteiger partial charge in [0.15, 0.2) is 0 Å². The number of rotatable bonds is 4. The predicted octanol–water partition coefficient (Wildman–Crippen LogP) is 2.01. The third kappa shape index (κ3) is 3.12. The monoisotopic (exact) mass is 315 g/mol. The van der Waals surface area contributed by atoms with Gasteiger partial charge in [-0.15, -0.1) is 0 Å². The van der Waals surface area contributed by atoms with Crippen LogP contribution in [0.15, 0.2) is 27.6 Å². The second kappa shape index (κ2) is 5.43. The second-order valence-electron chi connectivity index (χ2n) is 4.33. The van der Waals surface area contributed by atoms with E-state index in [9.17, 15) is 8.42 Å². The van der Waals surface area contributed by atoms with Crippen molar-refractivity contribution in [3.8, 4) is 0 Å². The summed E-state index contributed by atoms with van der Waals surface area (Å²) in [5, 5.41) is 0.118. The van der Waals surface area contributed by atoms with E-state index in [1.807, 2.05) is 0 Å². The minimum atomic E-state index is -3.78. The molecule has 0 amide bonds. The van der Waals surface area contributed by atoms with Crippen LogP contribution in [0, 0.1) is 13.8 Å². The summed E-state index contributed by atoms with van der Waals surface area (Å²) in [4.78, 5) is 3.85. The molecule has 0 saturated heterocycles. The average molecular weight is 316 g/mol. The van der Waals surface area contributed by atoms with Crippen molar-refractivity contribution in [2.75, 3.05) is 5.73 Å². The lowest BCUT2D eigenvalue weighted by molar-refractivity contribution is 0.463. The Hall–Kier alpha value is -1.57. The van der Waals surface area contributed by atoms with Crippen molar-refractivity contribution >= 4 is 27.3 Å². The van der Waals surface area contributed by atoms with Crippen LogP contribution in [0.4, 0.5) is 5.69 Å². The molecule has 1 aromatic carbocycles. The fourth-order valence-electron chi connectivity index (χ4n) is 1.59. The molecule has 0 bridgehead atoms. The van der Waals surface area contributed by atoms with E-state index in [4.69, 9.17) is 21.8 Å². The Balaban J connectivity index is 2.24. The highest BCUT2D eigenvalue weighted by molar-refractivity contribution is 7.89. The highest BCUT2D eigenvalue weighted by Crippen LogP contribution is 2.26. The summed E-state index contributed by atoms with van der Waals surface area (Å²) < 4.78 is 31.9. The quantitative estimate of drug-likeness (QED) is 0.841. The Morgan fingerprint density at radius 2 is 2.10 bits per heavy atom. The molecule has 6 nitrogen and oxygen atoms in total. The van der Waals surface area contributed by atoms with Crippen molar-refractivity contribution in [2.45, 2.75) is 25.3 Å². The third-order valence-electron chi connectivity index (χ3n) is 2.69. The second-order valence-corrected chi connectivity index (χ2v) is 6.47. The number of nitrogens with one attached hydrogen (secondary N) is 1. The van der Waals surface area contributed by atoms with Crippen LogP contribution in [0.25, 0.3) is 0 Å². The number of sulfonamides is 1. The number of hydrogen-bond acceptors (Lipinski definition) is 5. The van der Waals surface area contributed by atoms with Gasteiger partial charge in [0, 0.05) is 5.69 Å². The Kier molecular flexibility index (Phi) is 4.03. The number of nitrogens with zero attached hydrogens (tertiary/aromatic N) is 1. The number of nitrogen functional groups attached to an aromatic ring is 1. The highest BCUT2D eigenvalue weighted by Gasteiger charge is 2.19. The van der Waals surface area contributed by atoms with E-state index in [1.165, 1.54) is 18.3 Å². The first-order valence-corrected chi connectivity index (χ1v) is 7.62. The van der Waals surface area contributed by atoms with Gasteiger partial charge in [0.1, 0.15) is 10.7 Å². The molecule has 2 rings (SSSR count). The molecule has 0 fully saturated rings. The minimum Gasteiger partial charge on any atom is -0.445 e. The lowest BCUT2D eigenvalue weighted by atomic mass is 10.2. The summed E-state index contributed by atoms with van der Waals surface area (Å²) in [6.45, 7) is 3.42. The summed E-state index contributed by atoms with van der Waals surface area (Å²) in [5.74, 6) is 0.888. The number of benzene rings is 1. The molecule has 0 spiro atoms. The molecule has 8 heteroatoms. The van der Waals surface area contributed by atoms with Gasteiger partial charge in [-0.2, -0.15) is 0 Å². The molecule has 2 aromatic rings. The summed E-state index contributed by atoms with van der Waals surface area (Å²) in [7, 11) is -3.78. The summed E-state index contributed by atoms with van der Waals surface area (Å²) >= 11 is 5.96. The molecule has 0 unspecified atom stereocenters. The van der Waals surface area contributed by atoms with Gasteiger partial charge in [-0.3, -0.25) is 0 Å². The number of nitrogens with two attached hydrogens (primary N) is 1. The van der Waals surface area contributed by atoms with Gasteiger partial charge >= 0.3 is 0 Å². The number of halogens is 1. The van der Waals surface area contributed by atoms with Crippen LogP contribution in [0.5, 0.6) is 0 Å². The Morgan fingerprint density at radius 3 is 2.70 bits per heavy atom. The molecule has 0 atom stereocenters. The van der Waals surface area contributed by atoms with Gasteiger partial charge < -0.3 is 10.2 Å². The van der Waals surface area contributed by atoms with Crippen LogP contribution in [0.2, 0.25) is 5.02 Å². The van der Waals surface area contributed by atoms with Gasteiger partial charge in [0.05, 0.1) is 17.8 Å². The summed E-state index contributed by atoms with van der Waals surface area (Å²) in [6.07, 6.45) is 1.51. The van der Waals surface area contributed by atoms with Crippen molar-refractivity contribution in [3.63, 3.8) is 0 Å². The van der Waals surface area contributed by atoms with Gasteiger partial charge in [-0.25, -0.2) is 18.1 Å². The number of aromatic nitrogens is 1. The molecular weight excluding hydrogens is 302 g/mol. The largest absolute Gasteiger partial charge is 0.445 e. The summed E-state index contributed by atoms with van der Waals surface area (Å²) in [5.41, 5.74) is 6.80. The number of oxazole rings is 1. The number of anilines is 1. The lowest BCUT2D eigenvalue weighted by Gasteiger charge is -2.09. The van der Waals surface area contributed by atoms with E-state index in [2.05, 4.69) is 9.71 Å². The van der Waals surface area contributed by atoms with Crippen molar-refractivity contribution < 1.29 is 12.8 Å². The van der Waals surface area contributed by atoms with E-state index < -0.39 is 10.0 Å². The third-order valence-corrected chi connectivity index (χ3v) is 4.56. The molecule has 0 saturated carbocycles. The van der Waals surface area contributed by atoms with Crippen LogP contribution in [-0.2, 0) is 16.6 Å². The normalized spacial score (nSPS) is 11.8. The maximum Gasteiger partial charge on any atom is 0.242 e. The zero-order chi connectivity index (χ0) is 14.9. The molecule has 20 heavy (non-hydrogen) atoms. The number of hydrogen-bond donors (Lipinski definition) is 2. The zero-order valence-electron chi connectivity index (χ0n) is 11.0. The van der Waals surface area contributed by atoms with Gasteiger partial charge in [-0.05, 0) is 31.5 Å². The molecule has 108 valence electrons. The zero-order valence-corrected chi connectivity index (χ0v) is 12.5. The molecular formula is C12H14ClN3O3S. The average Bonchev–Trinajstić information content (AvgIpc) is 2.77. The van der Waals surface area contributed by atoms with E-state index >= 15 is 0 Å². The molecule has 1 heterocycles. The fraction of sp³-hybridized carbons (Fsp3) is 0.250. The van der Waals surface area contributed by atoms with Gasteiger partial charge in [0.25, 0.3) is 0 Å². The minimum absolute atomic E-state index is 0.0553. The van der Waals surface area contributed by atoms with E-state index in [1.54, 1.807) is 13.8 Å². The number of aryl methyl sites for hydroxylation is 2. The molecule has 3 N–H and O–H groups in total. The maximum absolute atomic E-state index is 12.2. The Bertz CT molecular complexity index is 740. The van der Waals surface area contributed by atoms with E-state index in [-0.39, 0.29) is 22.4 Å². The first-order chi connectivity index (χ1) is 9.29. The van der Waals surface area contributed by atoms with Crippen molar-refractivity contribution in [1.29, 1.82) is 0 Å². The predicted molar refractivity (Wildman–Crippen MR) is 75.9 cm³/mol. The van der Waals surface area contributed by atoms with Crippen molar-refractivity contribution in [3.05, 3.63) is 40.6 Å². The van der Waals surface area contributed by atoms with E-state index in [0.717, 1.165) is 5.56 Å². The van der Waals surface area contributed by atoms with Crippen LogP contribution >= 0.6 is 11.6 Å². The van der Waals surface area contributed by atoms with Crippen LogP contribution < -0.4 is 10.5 Å². The Labute approximate surface area is 122 Å². The summed E-state index contributed by atoms with van der Waals surface area (Å²) in [6, 6.07) is 2.85. The first kappa shape index (κ1) is 14.8. The molecule has 0 aliphatic rings. The highest BCUT2D eigenvalue weighted by atomic mass is 35.5. The standard InChI is InChI=1S/C12H14ClN3O3S/c1-7-3-9(13)11(4-10(7)14)20(17,18)16-6-12-15-5-8(2)19-12/h3-5,16H,6,14H2,1-2H3. The topological polar surface area (TPSA) is 98.2 Å². The van der Waals surface area contributed by atoms with Gasteiger partial charge in [-0.1, -0.05) is 11.6 Å². The van der Waals surface area contributed by atoms with Crippen molar-refractivity contribution in [1.82, 2.24) is 9.71 Å². The van der Waals surface area contributed by atoms with Gasteiger partial charge in [0.2, 0.25) is 15.9 Å². The van der Waals surface area contributed by atoms with Crippen molar-refractivity contribution in [2.24, 2.45) is 0 Å². The smallest absolute Gasteiger partial charge is 0.242 e. The SMILES string of the molecule is Cc1cnc(CNS(=O)(=O)c2cc(N)c(C)cc2Cl)o1. The van der Waals surface area contributed by atoms with E-state index in [0.29, 0.717) is 11.4 Å². The molecule has 0 radical (unpaired) electrons. The molecule has 0 aliphatic heterocycles. The lowest BCUT2D eigenvalue weighted by Crippen LogP contribution is -2.24. The maximum atomic E-state index is 12.2. The Morgan fingerprint density at radius 1 is 1.40 bits per heavy atom. The van der Waals surface area contributed by atoms with Crippen LogP contribution in [0.1, 0.15) is 17.2 Å².